The van der Waals surface area contributed by atoms with E-state index in [4.69, 9.17) is 0 Å². The molecule has 0 aliphatic heterocycles. The largest absolute Gasteiger partial charge is 0.504 e. The van der Waals surface area contributed by atoms with Gasteiger partial charge in [0.2, 0.25) is 0 Å². The van der Waals surface area contributed by atoms with E-state index >= 15 is 0 Å². The second kappa shape index (κ2) is 8.90. The topological polar surface area (TPSA) is 107 Å². The summed E-state index contributed by atoms with van der Waals surface area (Å²) in [4.78, 5) is 2.51. The number of nitrogens with one attached hydrogen (secondary N) is 2. The maximum absolute atomic E-state index is 12.8. The average Bonchev–Trinajstić information content (AvgIpc) is 3.25. The van der Waals surface area contributed by atoms with E-state index in [1.165, 1.54) is 19.6 Å². The van der Waals surface area contributed by atoms with Crippen LogP contribution < -0.4 is 10.6 Å². The van der Waals surface area contributed by atoms with Gasteiger partial charge in [-0.2, -0.15) is 13.1 Å². The van der Waals surface area contributed by atoms with Gasteiger partial charge < -0.3 is 15.7 Å². The van der Waals surface area contributed by atoms with Crippen molar-refractivity contribution in [3.63, 3.8) is 0 Å². The lowest BCUT2D eigenvalue weighted by molar-refractivity contribution is 0.445. The van der Waals surface area contributed by atoms with E-state index in [2.05, 4.69) is 53.1 Å². The summed E-state index contributed by atoms with van der Waals surface area (Å²) < 4.78 is 35.7. The van der Waals surface area contributed by atoms with Crippen LogP contribution in [0, 0.1) is 19.8 Å². The molecule has 4 rings (SSSR count). The standard InChI is InChI=1S/C20H27N5O3S4/c1-10(2)16(15-8-11(3)12(4)30-15)22-19-18(23-31-24-19)21-14-9-29-20(17(14)26)32(27,28)25(5)13-6-7-13/h8-10,13,16,26H,6-7H2,1-5H3,(H,21,23)(H,22,24)/t16-/m1/s1. The lowest BCUT2D eigenvalue weighted by Gasteiger charge is -2.21. The first-order valence-corrected chi connectivity index (χ1v) is 14.2. The molecule has 32 heavy (non-hydrogen) atoms. The summed E-state index contributed by atoms with van der Waals surface area (Å²) in [6, 6.07) is 2.27. The summed E-state index contributed by atoms with van der Waals surface area (Å²) in [7, 11) is -2.17. The highest BCUT2D eigenvalue weighted by atomic mass is 32.2. The van der Waals surface area contributed by atoms with Crippen molar-refractivity contribution in [1.82, 2.24) is 13.1 Å². The van der Waals surface area contributed by atoms with Gasteiger partial charge in [-0.3, -0.25) is 0 Å². The van der Waals surface area contributed by atoms with E-state index < -0.39 is 10.0 Å². The third-order valence-electron chi connectivity index (χ3n) is 5.60. The molecule has 0 unspecified atom stereocenters. The van der Waals surface area contributed by atoms with Crippen molar-refractivity contribution in [2.75, 3.05) is 17.7 Å². The molecule has 0 spiro atoms. The molecule has 12 heteroatoms. The minimum absolute atomic E-state index is 0.0222. The number of aromatic hydroxyl groups is 1. The lowest BCUT2D eigenvalue weighted by atomic mass is 10.0. The summed E-state index contributed by atoms with van der Waals surface area (Å²) in [5.74, 6) is 1.05. The zero-order chi connectivity index (χ0) is 23.2. The summed E-state index contributed by atoms with van der Waals surface area (Å²) >= 11 is 3.81. The van der Waals surface area contributed by atoms with E-state index in [0.717, 1.165) is 35.9 Å². The molecule has 3 aromatic heterocycles. The summed E-state index contributed by atoms with van der Waals surface area (Å²) in [6.45, 7) is 8.51. The second-order valence-corrected chi connectivity index (χ2v) is 13.3. The fourth-order valence-electron chi connectivity index (χ4n) is 3.33. The molecule has 0 radical (unpaired) electrons. The fourth-order valence-corrected chi connectivity index (χ4v) is 7.89. The van der Waals surface area contributed by atoms with Crippen LogP contribution in [0.5, 0.6) is 5.75 Å². The highest BCUT2D eigenvalue weighted by molar-refractivity contribution is 7.91. The Morgan fingerprint density at radius 2 is 1.91 bits per heavy atom. The van der Waals surface area contributed by atoms with Gasteiger partial charge in [-0.25, -0.2) is 8.42 Å². The molecule has 1 aliphatic rings. The number of anilines is 3. The van der Waals surface area contributed by atoms with Gasteiger partial charge in [-0.15, -0.1) is 22.7 Å². The van der Waals surface area contributed by atoms with Gasteiger partial charge >= 0.3 is 0 Å². The van der Waals surface area contributed by atoms with E-state index in [9.17, 15) is 13.5 Å². The molecule has 1 aliphatic carbocycles. The van der Waals surface area contributed by atoms with Crippen LogP contribution in [0.2, 0.25) is 0 Å². The summed E-state index contributed by atoms with van der Waals surface area (Å²) in [5, 5.41) is 18.8. The van der Waals surface area contributed by atoms with Crippen LogP contribution >= 0.6 is 34.4 Å². The minimum Gasteiger partial charge on any atom is -0.504 e. The second-order valence-electron chi connectivity index (χ2n) is 8.38. The van der Waals surface area contributed by atoms with Crippen molar-refractivity contribution < 1.29 is 13.5 Å². The molecule has 0 bridgehead atoms. The van der Waals surface area contributed by atoms with Crippen LogP contribution in [0.15, 0.2) is 15.7 Å². The van der Waals surface area contributed by atoms with Crippen molar-refractivity contribution in [2.24, 2.45) is 5.92 Å². The normalized spacial score (nSPS) is 15.5. The SMILES string of the molecule is Cc1cc([C@H](Nc2nsnc2Nc2csc(S(=O)(=O)N(C)C3CC3)c2O)C(C)C)sc1C. The van der Waals surface area contributed by atoms with Gasteiger partial charge in [0.15, 0.2) is 21.6 Å². The number of sulfonamides is 1. The maximum atomic E-state index is 12.8. The first-order chi connectivity index (χ1) is 15.1. The molecule has 1 atom stereocenters. The number of aromatic nitrogens is 2. The van der Waals surface area contributed by atoms with Crippen LogP contribution in [0.3, 0.4) is 0 Å². The van der Waals surface area contributed by atoms with Crippen LogP contribution in [0.1, 0.15) is 48.0 Å². The summed E-state index contributed by atoms with van der Waals surface area (Å²) in [6.07, 6.45) is 1.71. The fraction of sp³-hybridized carbons (Fsp3) is 0.500. The predicted molar refractivity (Wildman–Crippen MR) is 132 cm³/mol. The number of aryl methyl sites for hydroxylation is 2. The van der Waals surface area contributed by atoms with Crippen LogP contribution in [-0.2, 0) is 10.0 Å². The zero-order valence-corrected chi connectivity index (χ0v) is 21.8. The highest BCUT2D eigenvalue weighted by Crippen LogP contribution is 2.43. The predicted octanol–water partition coefficient (Wildman–Crippen LogP) is 5.32. The Morgan fingerprint density at radius 3 is 2.50 bits per heavy atom. The third-order valence-corrected chi connectivity index (χ3v) is 10.8. The van der Waals surface area contributed by atoms with Crippen LogP contribution in [0.25, 0.3) is 0 Å². The van der Waals surface area contributed by atoms with E-state index in [-0.39, 0.29) is 22.0 Å². The van der Waals surface area contributed by atoms with Crippen molar-refractivity contribution in [3.8, 4) is 5.75 Å². The third kappa shape index (κ3) is 4.51. The van der Waals surface area contributed by atoms with Crippen molar-refractivity contribution >= 4 is 61.7 Å². The number of rotatable bonds is 9. The Balaban J connectivity index is 1.56. The molecule has 1 saturated carbocycles. The van der Waals surface area contributed by atoms with Gasteiger partial charge in [-0.05, 0) is 44.2 Å². The quantitative estimate of drug-likeness (QED) is 0.355. The van der Waals surface area contributed by atoms with E-state index in [0.29, 0.717) is 23.2 Å². The molecule has 3 heterocycles. The smallest absolute Gasteiger partial charge is 0.256 e. The number of nitrogens with zero attached hydrogens (tertiary/aromatic N) is 3. The summed E-state index contributed by atoms with van der Waals surface area (Å²) in [5.41, 5.74) is 1.57. The molecular formula is C20H27N5O3S4. The van der Waals surface area contributed by atoms with Crippen LogP contribution in [-0.4, -0.2) is 39.7 Å². The van der Waals surface area contributed by atoms with Gasteiger partial charge in [0.1, 0.15) is 0 Å². The Bertz CT molecular complexity index is 1190. The molecule has 174 valence electrons. The molecule has 1 fully saturated rings. The van der Waals surface area contributed by atoms with E-state index in [1.807, 2.05) is 0 Å². The van der Waals surface area contributed by atoms with Crippen molar-refractivity contribution in [3.05, 3.63) is 26.8 Å². The number of hydrogen-bond acceptors (Lipinski definition) is 10. The highest BCUT2D eigenvalue weighted by Gasteiger charge is 2.37. The van der Waals surface area contributed by atoms with Crippen molar-refractivity contribution in [1.29, 1.82) is 0 Å². The van der Waals surface area contributed by atoms with E-state index in [1.54, 1.807) is 23.8 Å². The minimum atomic E-state index is -3.73. The molecule has 3 aromatic rings. The number of hydrogen-bond donors (Lipinski definition) is 3. The van der Waals surface area contributed by atoms with Gasteiger partial charge in [0.05, 0.1) is 23.5 Å². The molecule has 0 saturated heterocycles. The maximum Gasteiger partial charge on any atom is 0.256 e. The van der Waals surface area contributed by atoms with Gasteiger partial charge in [-0.1, -0.05) is 13.8 Å². The lowest BCUT2D eigenvalue weighted by Crippen LogP contribution is -2.28. The zero-order valence-electron chi connectivity index (χ0n) is 18.5. The Labute approximate surface area is 200 Å². The Morgan fingerprint density at radius 1 is 1.22 bits per heavy atom. The molecule has 8 nitrogen and oxygen atoms in total. The van der Waals surface area contributed by atoms with Gasteiger partial charge in [0, 0.05) is 28.2 Å². The first-order valence-electron chi connectivity index (χ1n) is 10.3. The Kier molecular flexibility index (Phi) is 6.52. The van der Waals surface area contributed by atoms with Crippen molar-refractivity contribution in [2.45, 2.75) is 56.8 Å². The molecule has 0 amide bonds. The first kappa shape index (κ1) is 23.4. The molecule has 0 aromatic carbocycles. The molecule has 3 N–H and O–H groups in total. The monoisotopic (exact) mass is 513 g/mol. The Hall–Kier alpha value is -1.73. The van der Waals surface area contributed by atoms with Gasteiger partial charge in [0.25, 0.3) is 10.0 Å². The van der Waals surface area contributed by atoms with Crippen LogP contribution in [0.4, 0.5) is 17.3 Å². The average molecular weight is 514 g/mol. The molecular weight excluding hydrogens is 487 g/mol. The number of thiophene rings is 2.